The van der Waals surface area contributed by atoms with E-state index >= 15 is 0 Å². The third-order valence-corrected chi connectivity index (χ3v) is 6.09. The molecule has 1 aliphatic heterocycles. The van der Waals surface area contributed by atoms with Crippen LogP contribution in [0.15, 0.2) is 53.7 Å². The van der Waals surface area contributed by atoms with Crippen LogP contribution in [0, 0.1) is 21.4 Å². The summed E-state index contributed by atoms with van der Waals surface area (Å²) in [6, 6.07) is 15.9. The Labute approximate surface area is 194 Å². The minimum Gasteiger partial charge on any atom is -0.378 e. The lowest BCUT2D eigenvalue weighted by atomic mass is 10.1. The van der Waals surface area contributed by atoms with Crippen LogP contribution in [-0.2, 0) is 10.5 Å². The lowest BCUT2D eigenvalue weighted by molar-refractivity contribution is -0.384. The van der Waals surface area contributed by atoms with Gasteiger partial charge in [-0.25, -0.2) is 9.97 Å². The number of nitro groups is 1. The number of nitrogens with zero attached hydrogens (tertiary/aromatic N) is 5. The fourth-order valence-corrected chi connectivity index (χ4v) is 4.20. The van der Waals surface area contributed by atoms with Gasteiger partial charge in [-0.1, -0.05) is 47.6 Å². The molecular weight excluding hydrogens is 450 g/mol. The van der Waals surface area contributed by atoms with Crippen LogP contribution in [0.3, 0.4) is 0 Å². The SMILES string of the molecule is N#Cc1c(-c2ccc(Cl)cc2)nc(SCc2ccc([N+](=O)[O-])cc2)nc1N1CCOCC1. The fraction of sp³-hybridized carbons (Fsp3) is 0.227. The molecule has 32 heavy (non-hydrogen) atoms. The van der Waals surface area contributed by atoms with Gasteiger partial charge in [-0.3, -0.25) is 10.1 Å². The summed E-state index contributed by atoms with van der Waals surface area (Å²) in [5, 5.41) is 21.9. The normalized spacial score (nSPS) is 13.6. The predicted octanol–water partition coefficient (Wildman–Crippen LogP) is 4.71. The molecule has 1 aromatic heterocycles. The Morgan fingerprint density at radius 1 is 1.12 bits per heavy atom. The van der Waals surface area contributed by atoms with Crippen LogP contribution >= 0.6 is 23.4 Å². The van der Waals surface area contributed by atoms with E-state index in [-0.39, 0.29) is 5.69 Å². The molecule has 3 aromatic rings. The van der Waals surface area contributed by atoms with Gasteiger partial charge in [0.25, 0.3) is 5.69 Å². The quantitative estimate of drug-likeness (QED) is 0.222. The van der Waals surface area contributed by atoms with Gasteiger partial charge in [0, 0.05) is 41.6 Å². The molecule has 1 saturated heterocycles. The number of thioether (sulfide) groups is 1. The molecule has 1 aliphatic rings. The molecule has 2 aromatic carbocycles. The second kappa shape index (κ2) is 9.96. The molecule has 0 atom stereocenters. The highest BCUT2D eigenvalue weighted by molar-refractivity contribution is 7.98. The number of halogens is 1. The Morgan fingerprint density at radius 2 is 1.81 bits per heavy atom. The molecule has 0 unspecified atom stereocenters. The minimum atomic E-state index is -0.423. The lowest BCUT2D eigenvalue weighted by Crippen LogP contribution is -2.37. The van der Waals surface area contributed by atoms with Crippen molar-refractivity contribution in [3.05, 3.63) is 74.8 Å². The van der Waals surface area contributed by atoms with Gasteiger partial charge in [0.15, 0.2) is 11.0 Å². The van der Waals surface area contributed by atoms with Gasteiger partial charge in [0.2, 0.25) is 0 Å². The third kappa shape index (κ3) is 4.99. The zero-order chi connectivity index (χ0) is 22.5. The average molecular weight is 468 g/mol. The van der Waals surface area contributed by atoms with Crippen molar-refractivity contribution in [3.63, 3.8) is 0 Å². The van der Waals surface area contributed by atoms with Crippen molar-refractivity contribution in [3.8, 4) is 17.3 Å². The number of morpholine rings is 1. The average Bonchev–Trinajstić information content (AvgIpc) is 2.83. The number of non-ortho nitro benzene ring substituents is 1. The molecule has 10 heteroatoms. The fourth-order valence-electron chi connectivity index (χ4n) is 3.28. The molecule has 0 radical (unpaired) electrons. The Bertz CT molecular complexity index is 1160. The number of ether oxygens (including phenoxy) is 1. The summed E-state index contributed by atoms with van der Waals surface area (Å²) in [6.45, 7) is 2.41. The third-order valence-electron chi connectivity index (χ3n) is 4.92. The second-order valence-electron chi connectivity index (χ2n) is 6.98. The summed E-state index contributed by atoms with van der Waals surface area (Å²) in [5.41, 5.74) is 2.70. The van der Waals surface area contributed by atoms with Crippen LogP contribution in [0.4, 0.5) is 11.5 Å². The highest BCUT2D eigenvalue weighted by Crippen LogP contribution is 2.33. The topological polar surface area (TPSA) is 105 Å². The summed E-state index contributed by atoms with van der Waals surface area (Å²) < 4.78 is 5.45. The van der Waals surface area contributed by atoms with Gasteiger partial charge in [-0.05, 0) is 17.7 Å². The number of hydrogen-bond donors (Lipinski definition) is 0. The van der Waals surface area contributed by atoms with E-state index in [0.717, 1.165) is 11.1 Å². The maximum atomic E-state index is 10.9. The lowest BCUT2D eigenvalue weighted by Gasteiger charge is -2.29. The first-order valence-corrected chi connectivity index (χ1v) is 11.2. The largest absolute Gasteiger partial charge is 0.378 e. The molecule has 0 spiro atoms. The minimum absolute atomic E-state index is 0.0491. The Hall–Kier alpha value is -3.19. The standard InChI is InChI=1S/C22H18ClN5O3S/c23-17-5-3-16(4-6-17)20-19(13-24)21(27-9-11-31-12-10-27)26-22(25-20)32-14-15-1-7-18(8-2-15)28(29)30/h1-8H,9-12,14H2. The van der Waals surface area contributed by atoms with Crippen molar-refractivity contribution < 1.29 is 9.66 Å². The number of nitriles is 1. The summed E-state index contributed by atoms with van der Waals surface area (Å²) in [5.74, 6) is 1.12. The van der Waals surface area contributed by atoms with Crippen molar-refractivity contribution in [2.75, 3.05) is 31.2 Å². The molecule has 4 rings (SSSR count). The van der Waals surface area contributed by atoms with E-state index in [2.05, 4.69) is 11.1 Å². The molecule has 0 amide bonds. The van der Waals surface area contributed by atoms with E-state index in [1.165, 1.54) is 23.9 Å². The summed E-state index contributed by atoms with van der Waals surface area (Å²) >= 11 is 7.45. The smallest absolute Gasteiger partial charge is 0.269 e. The highest BCUT2D eigenvalue weighted by atomic mass is 35.5. The van der Waals surface area contributed by atoms with E-state index < -0.39 is 4.92 Å². The van der Waals surface area contributed by atoms with E-state index in [0.29, 0.717) is 59.3 Å². The molecular formula is C22H18ClN5O3S. The van der Waals surface area contributed by atoms with Crippen molar-refractivity contribution in [2.24, 2.45) is 0 Å². The van der Waals surface area contributed by atoms with Crippen LogP contribution in [0.2, 0.25) is 5.02 Å². The molecule has 2 heterocycles. The van der Waals surface area contributed by atoms with E-state index in [1.807, 2.05) is 17.0 Å². The van der Waals surface area contributed by atoms with Gasteiger partial charge in [-0.2, -0.15) is 5.26 Å². The van der Waals surface area contributed by atoms with Crippen LogP contribution in [0.1, 0.15) is 11.1 Å². The van der Waals surface area contributed by atoms with Crippen LogP contribution < -0.4 is 4.90 Å². The molecule has 1 fully saturated rings. The van der Waals surface area contributed by atoms with Gasteiger partial charge < -0.3 is 9.64 Å². The van der Waals surface area contributed by atoms with Gasteiger partial charge >= 0.3 is 0 Å². The van der Waals surface area contributed by atoms with Crippen molar-refractivity contribution in [2.45, 2.75) is 10.9 Å². The first kappa shape index (κ1) is 22.0. The Balaban J connectivity index is 1.69. The van der Waals surface area contributed by atoms with E-state index in [4.69, 9.17) is 21.3 Å². The van der Waals surface area contributed by atoms with Crippen LogP contribution in [0.5, 0.6) is 0 Å². The maximum absolute atomic E-state index is 10.9. The number of benzene rings is 2. The number of anilines is 1. The first-order chi connectivity index (χ1) is 15.5. The molecule has 0 saturated carbocycles. The zero-order valence-corrected chi connectivity index (χ0v) is 18.5. The molecule has 0 N–H and O–H groups in total. The summed E-state index contributed by atoms with van der Waals surface area (Å²) in [4.78, 5) is 21.9. The van der Waals surface area contributed by atoms with Crippen molar-refractivity contribution in [1.82, 2.24) is 9.97 Å². The number of aromatic nitrogens is 2. The molecule has 0 bridgehead atoms. The summed E-state index contributed by atoms with van der Waals surface area (Å²) in [7, 11) is 0. The van der Waals surface area contributed by atoms with Crippen LogP contribution in [0.25, 0.3) is 11.3 Å². The monoisotopic (exact) mass is 467 g/mol. The maximum Gasteiger partial charge on any atom is 0.269 e. The Kier molecular flexibility index (Phi) is 6.85. The van der Waals surface area contributed by atoms with Gasteiger partial charge in [0.05, 0.1) is 23.8 Å². The Morgan fingerprint density at radius 3 is 2.44 bits per heavy atom. The predicted molar refractivity (Wildman–Crippen MR) is 123 cm³/mol. The van der Waals surface area contributed by atoms with E-state index in [9.17, 15) is 15.4 Å². The van der Waals surface area contributed by atoms with E-state index in [1.54, 1.807) is 24.3 Å². The molecule has 0 aliphatic carbocycles. The van der Waals surface area contributed by atoms with Gasteiger partial charge in [-0.15, -0.1) is 0 Å². The summed E-state index contributed by atoms with van der Waals surface area (Å²) in [6.07, 6.45) is 0. The number of nitro benzene ring substituents is 1. The number of rotatable bonds is 6. The van der Waals surface area contributed by atoms with Gasteiger partial charge in [0.1, 0.15) is 11.6 Å². The molecule has 8 nitrogen and oxygen atoms in total. The number of hydrogen-bond acceptors (Lipinski definition) is 8. The zero-order valence-electron chi connectivity index (χ0n) is 16.9. The van der Waals surface area contributed by atoms with Crippen molar-refractivity contribution in [1.29, 1.82) is 5.26 Å². The first-order valence-electron chi connectivity index (χ1n) is 9.82. The molecule has 162 valence electrons. The second-order valence-corrected chi connectivity index (χ2v) is 8.36. The van der Waals surface area contributed by atoms with Crippen molar-refractivity contribution >= 4 is 34.9 Å². The van der Waals surface area contributed by atoms with Crippen LogP contribution in [-0.4, -0.2) is 41.2 Å². The highest BCUT2D eigenvalue weighted by Gasteiger charge is 2.22.